The van der Waals surface area contributed by atoms with E-state index in [1.54, 1.807) is 26.4 Å². The molecular formula is C19H22ClNO3. The lowest BCUT2D eigenvalue weighted by Gasteiger charge is -2.12. The van der Waals surface area contributed by atoms with Gasteiger partial charge in [-0.2, -0.15) is 0 Å². The molecule has 4 nitrogen and oxygen atoms in total. The minimum atomic E-state index is -0.110. The number of rotatable bonds is 7. The number of ether oxygens (including phenoxy) is 2. The third kappa shape index (κ3) is 4.73. The van der Waals surface area contributed by atoms with E-state index in [2.05, 4.69) is 5.32 Å². The number of carbonyl (C=O) groups excluding carboxylic acids is 1. The predicted octanol–water partition coefficient (Wildman–Crippen LogP) is 4.17. The highest BCUT2D eigenvalue weighted by Gasteiger charge is 2.11. The van der Waals surface area contributed by atoms with E-state index in [-0.39, 0.29) is 12.0 Å². The Morgan fingerprint density at radius 2 is 2.00 bits per heavy atom. The van der Waals surface area contributed by atoms with Gasteiger partial charge in [0, 0.05) is 29.8 Å². The molecule has 0 aliphatic rings. The SMILES string of the molecule is COc1ccc(Cl)cc1-c1cccc(C(=O)NCC[C@H](C)OC)c1. The summed E-state index contributed by atoms with van der Waals surface area (Å²) >= 11 is 6.09. The van der Waals surface area contributed by atoms with Gasteiger partial charge in [-0.3, -0.25) is 4.79 Å². The molecule has 1 amide bonds. The number of hydrogen-bond donors (Lipinski definition) is 1. The van der Waals surface area contributed by atoms with Crippen LogP contribution in [0.5, 0.6) is 5.75 Å². The number of benzene rings is 2. The molecular weight excluding hydrogens is 326 g/mol. The maximum atomic E-state index is 12.3. The molecule has 0 saturated carbocycles. The Kier molecular flexibility index (Phi) is 6.64. The van der Waals surface area contributed by atoms with Gasteiger partial charge in [-0.25, -0.2) is 0 Å². The second-order valence-corrected chi connectivity index (χ2v) is 5.95. The van der Waals surface area contributed by atoms with Gasteiger partial charge in [0.15, 0.2) is 0 Å². The summed E-state index contributed by atoms with van der Waals surface area (Å²) in [6, 6.07) is 12.8. The molecule has 2 aromatic carbocycles. The Labute approximate surface area is 147 Å². The van der Waals surface area contributed by atoms with Gasteiger partial charge in [0.25, 0.3) is 5.91 Å². The summed E-state index contributed by atoms with van der Waals surface area (Å²) in [5.74, 6) is 0.604. The molecule has 24 heavy (non-hydrogen) atoms. The number of carbonyl (C=O) groups is 1. The van der Waals surface area contributed by atoms with E-state index < -0.39 is 0 Å². The van der Waals surface area contributed by atoms with Crippen LogP contribution in [0.2, 0.25) is 5.02 Å². The van der Waals surface area contributed by atoms with Gasteiger partial charge in [-0.05, 0) is 49.2 Å². The number of nitrogens with one attached hydrogen (secondary N) is 1. The molecule has 0 radical (unpaired) electrons. The molecule has 1 N–H and O–H groups in total. The van der Waals surface area contributed by atoms with Crippen LogP contribution in [0.1, 0.15) is 23.7 Å². The molecule has 2 rings (SSSR count). The summed E-state index contributed by atoms with van der Waals surface area (Å²) in [6.07, 6.45) is 0.886. The van der Waals surface area contributed by atoms with Crippen LogP contribution in [0.15, 0.2) is 42.5 Å². The van der Waals surface area contributed by atoms with E-state index in [0.717, 1.165) is 17.5 Å². The second-order valence-electron chi connectivity index (χ2n) is 5.52. The Bertz CT molecular complexity index is 703. The van der Waals surface area contributed by atoms with Gasteiger partial charge >= 0.3 is 0 Å². The van der Waals surface area contributed by atoms with Crippen LogP contribution in [-0.2, 0) is 4.74 Å². The zero-order chi connectivity index (χ0) is 17.5. The van der Waals surface area contributed by atoms with Crippen molar-refractivity contribution in [1.82, 2.24) is 5.32 Å². The molecule has 0 heterocycles. The molecule has 128 valence electrons. The average Bonchev–Trinajstić information content (AvgIpc) is 2.61. The quantitative estimate of drug-likeness (QED) is 0.817. The smallest absolute Gasteiger partial charge is 0.251 e. The average molecular weight is 348 g/mol. The standard InChI is InChI=1S/C19H22ClNO3/c1-13(23-2)9-10-21-19(22)15-6-4-5-14(11-15)17-12-16(20)7-8-18(17)24-3/h4-8,11-13H,9-10H2,1-3H3,(H,21,22)/t13-/m0/s1. The molecule has 0 aromatic heterocycles. The van der Waals surface area contributed by atoms with Crippen molar-refractivity contribution >= 4 is 17.5 Å². The van der Waals surface area contributed by atoms with Gasteiger partial charge in [-0.1, -0.05) is 23.7 Å². The van der Waals surface area contributed by atoms with Crippen molar-refractivity contribution in [3.8, 4) is 16.9 Å². The van der Waals surface area contributed by atoms with E-state index in [1.165, 1.54) is 0 Å². The molecule has 0 saturated heterocycles. The number of hydrogen-bond acceptors (Lipinski definition) is 3. The first-order valence-corrected chi connectivity index (χ1v) is 8.18. The van der Waals surface area contributed by atoms with E-state index in [1.807, 2.05) is 37.3 Å². The first-order chi connectivity index (χ1) is 11.5. The molecule has 0 unspecified atom stereocenters. The normalized spacial score (nSPS) is 11.8. The summed E-state index contributed by atoms with van der Waals surface area (Å²) in [5.41, 5.74) is 2.33. The molecule has 0 aliphatic carbocycles. The summed E-state index contributed by atoms with van der Waals surface area (Å²) in [4.78, 5) is 12.3. The monoisotopic (exact) mass is 347 g/mol. The van der Waals surface area contributed by atoms with Gasteiger partial charge < -0.3 is 14.8 Å². The molecule has 0 bridgehead atoms. The summed E-state index contributed by atoms with van der Waals surface area (Å²) < 4.78 is 10.6. The third-order valence-electron chi connectivity index (χ3n) is 3.84. The second kappa shape index (κ2) is 8.71. The van der Waals surface area contributed by atoms with Crippen molar-refractivity contribution in [2.24, 2.45) is 0 Å². The first kappa shape index (κ1) is 18.3. The highest BCUT2D eigenvalue weighted by Crippen LogP contribution is 2.32. The van der Waals surface area contributed by atoms with E-state index in [9.17, 15) is 4.79 Å². The fraction of sp³-hybridized carbons (Fsp3) is 0.316. The maximum absolute atomic E-state index is 12.3. The fourth-order valence-corrected chi connectivity index (χ4v) is 2.51. The molecule has 2 aromatic rings. The van der Waals surface area contributed by atoms with Gasteiger partial charge in [0.2, 0.25) is 0 Å². The van der Waals surface area contributed by atoms with Crippen LogP contribution in [-0.4, -0.2) is 32.8 Å². The third-order valence-corrected chi connectivity index (χ3v) is 4.07. The van der Waals surface area contributed by atoms with E-state index >= 15 is 0 Å². The fourth-order valence-electron chi connectivity index (χ4n) is 2.34. The van der Waals surface area contributed by atoms with Crippen LogP contribution in [0.3, 0.4) is 0 Å². The highest BCUT2D eigenvalue weighted by molar-refractivity contribution is 6.31. The van der Waals surface area contributed by atoms with Crippen LogP contribution in [0.25, 0.3) is 11.1 Å². The first-order valence-electron chi connectivity index (χ1n) is 7.80. The van der Waals surface area contributed by atoms with Crippen molar-refractivity contribution in [1.29, 1.82) is 0 Å². The highest BCUT2D eigenvalue weighted by atomic mass is 35.5. The van der Waals surface area contributed by atoms with Crippen molar-refractivity contribution < 1.29 is 14.3 Å². The molecule has 5 heteroatoms. The lowest BCUT2D eigenvalue weighted by Crippen LogP contribution is -2.26. The predicted molar refractivity (Wildman–Crippen MR) is 96.9 cm³/mol. The van der Waals surface area contributed by atoms with Crippen molar-refractivity contribution in [3.63, 3.8) is 0 Å². The number of methoxy groups -OCH3 is 2. The molecule has 0 aliphatic heterocycles. The van der Waals surface area contributed by atoms with Gasteiger partial charge in [0.1, 0.15) is 5.75 Å². The lowest BCUT2D eigenvalue weighted by atomic mass is 10.0. The van der Waals surface area contributed by atoms with Crippen molar-refractivity contribution in [2.75, 3.05) is 20.8 Å². The van der Waals surface area contributed by atoms with Crippen LogP contribution in [0.4, 0.5) is 0 Å². The summed E-state index contributed by atoms with van der Waals surface area (Å²) in [6.45, 7) is 2.54. The topological polar surface area (TPSA) is 47.6 Å². The largest absolute Gasteiger partial charge is 0.496 e. The Morgan fingerprint density at radius 1 is 1.21 bits per heavy atom. The Morgan fingerprint density at radius 3 is 2.71 bits per heavy atom. The van der Waals surface area contributed by atoms with Crippen LogP contribution < -0.4 is 10.1 Å². The van der Waals surface area contributed by atoms with E-state index in [0.29, 0.717) is 22.9 Å². The summed E-state index contributed by atoms with van der Waals surface area (Å²) in [5, 5.41) is 3.53. The Hall–Kier alpha value is -2.04. The number of amides is 1. The minimum Gasteiger partial charge on any atom is -0.496 e. The zero-order valence-corrected chi connectivity index (χ0v) is 14.9. The molecule has 0 fully saturated rings. The maximum Gasteiger partial charge on any atom is 0.251 e. The van der Waals surface area contributed by atoms with Crippen LogP contribution >= 0.6 is 11.6 Å². The van der Waals surface area contributed by atoms with Crippen LogP contribution in [0, 0.1) is 0 Å². The Balaban J connectivity index is 2.17. The molecule has 1 atom stereocenters. The number of halogens is 1. The van der Waals surface area contributed by atoms with Gasteiger partial charge in [-0.15, -0.1) is 0 Å². The summed E-state index contributed by atoms with van der Waals surface area (Å²) in [7, 11) is 3.27. The van der Waals surface area contributed by atoms with E-state index in [4.69, 9.17) is 21.1 Å². The minimum absolute atomic E-state index is 0.110. The lowest BCUT2D eigenvalue weighted by molar-refractivity contribution is 0.0918. The van der Waals surface area contributed by atoms with Crippen molar-refractivity contribution in [3.05, 3.63) is 53.1 Å². The molecule has 0 spiro atoms. The zero-order valence-electron chi connectivity index (χ0n) is 14.1. The van der Waals surface area contributed by atoms with Gasteiger partial charge in [0.05, 0.1) is 13.2 Å². The van der Waals surface area contributed by atoms with Crippen molar-refractivity contribution in [2.45, 2.75) is 19.4 Å².